The van der Waals surface area contributed by atoms with Crippen LogP contribution in [0.15, 0.2) is 16.3 Å². The summed E-state index contributed by atoms with van der Waals surface area (Å²) in [6.07, 6.45) is 1.95. The van der Waals surface area contributed by atoms with Crippen molar-refractivity contribution in [3.05, 3.63) is 11.3 Å². The summed E-state index contributed by atoms with van der Waals surface area (Å²) in [4.78, 5) is 4.69. The Hall–Kier alpha value is -1.30. The zero-order chi connectivity index (χ0) is 14.5. The highest BCUT2D eigenvalue weighted by Crippen LogP contribution is 2.44. The lowest BCUT2D eigenvalue weighted by Crippen LogP contribution is -2.44. The highest BCUT2D eigenvalue weighted by atomic mass is 15.0. The fraction of sp³-hybridized carbons (Fsp3) is 0.750. The maximum absolute atomic E-state index is 9.44. The van der Waals surface area contributed by atoms with Crippen molar-refractivity contribution in [3.63, 3.8) is 0 Å². The Morgan fingerprint density at radius 2 is 1.84 bits per heavy atom. The highest BCUT2D eigenvalue weighted by Gasteiger charge is 2.48. The lowest BCUT2D eigenvalue weighted by Gasteiger charge is -2.30. The van der Waals surface area contributed by atoms with Gasteiger partial charge in [0.25, 0.3) is 0 Å². The van der Waals surface area contributed by atoms with Gasteiger partial charge in [0.2, 0.25) is 0 Å². The van der Waals surface area contributed by atoms with E-state index in [4.69, 9.17) is 4.99 Å². The molecule has 0 saturated carbocycles. The Morgan fingerprint density at radius 1 is 1.21 bits per heavy atom. The predicted molar refractivity (Wildman–Crippen MR) is 79.0 cm³/mol. The Bertz CT molecular complexity index is 503. The first kappa shape index (κ1) is 14.1. The summed E-state index contributed by atoms with van der Waals surface area (Å²) in [7, 11) is 0. The Morgan fingerprint density at radius 3 is 2.26 bits per heavy atom. The van der Waals surface area contributed by atoms with Crippen molar-refractivity contribution in [1.82, 2.24) is 5.32 Å². The van der Waals surface area contributed by atoms with Crippen LogP contribution in [-0.2, 0) is 0 Å². The molecule has 0 radical (unpaired) electrons. The molecular formula is C16H25N3. The fourth-order valence-electron chi connectivity index (χ4n) is 2.84. The van der Waals surface area contributed by atoms with Crippen molar-refractivity contribution >= 4 is 5.71 Å². The number of nitriles is 1. The molecule has 1 atom stereocenters. The molecule has 2 rings (SSSR count). The van der Waals surface area contributed by atoms with Gasteiger partial charge in [0.15, 0.2) is 0 Å². The van der Waals surface area contributed by atoms with E-state index >= 15 is 0 Å². The van der Waals surface area contributed by atoms with E-state index in [-0.39, 0.29) is 10.8 Å². The van der Waals surface area contributed by atoms with E-state index in [0.29, 0.717) is 0 Å². The molecule has 0 aromatic rings. The smallest absolute Gasteiger partial charge is 0.127 e. The molecule has 0 aromatic heterocycles. The number of allylic oxidation sites excluding steroid dienone is 2. The first-order chi connectivity index (χ1) is 8.60. The van der Waals surface area contributed by atoms with Gasteiger partial charge in [-0.1, -0.05) is 27.7 Å². The predicted octanol–water partition coefficient (Wildman–Crippen LogP) is 3.43. The van der Waals surface area contributed by atoms with Crippen LogP contribution in [0.3, 0.4) is 0 Å². The van der Waals surface area contributed by atoms with Crippen LogP contribution in [0.2, 0.25) is 0 Å². The van der Waals surface area contributed by atoms with Gasteiger partial charge in [-0.2, -0.15) is 5.26 Å². The average molecular weight is 259 g/mol. The van der Waals surface area contributed by atoms with Crippen molar-refractivity contribution in [2.45, 2.75) is 59.9 Å². The van der Waals surface area contributed by atoms with Crippen LogP contribution in [0.4, 0.5) is 0 Å². The lowest BCUT2D eigenvalue weighted by molar-refractivity contribution is 0.264. The molecule has 3 nitrogen and oxygen atoms in total. The van der Waals surface area contributed by atoms with Crippen LogP contribution in [0.5, 0.6) is 0 Å². The summed E-state index contributed by atoms with van der Waals surface area (Å²) in [5, 5.41) is 12.9. The van der Waals surface area contributed by atoms with Crippen molar-refractivity contribution in [3.8, 4) is 6.07 Å². The third-order valence-corrected chi connectivity index (χ3v) is 4.83. The Labute approximate surface area is 116 Å². The SMILES string of the molecule is C/C(C1=NCC(C)(C)C1)=C1\CC(C)(C)C(C)(C#N)N1. The van der Waals surface area contributed by atoms with Gasteiger partial charge in [-0.25, -0.2) is 0 Å². The molecule has 0 aliphatic carbocycles. The molecule has 1 unspecified atom stereocenters. The summed E-state index contributed by atoms with van der Waals surface area (Å²) in [6, 6.07) is 2.44. The summed E-state index contributed by atoms with van der Waals surface area (Å²) >= 11 is 0. The number of nitrogens with zero attached hydrogens (tertiary/aromatic N) is 2. The Kier molecular flexibility index (Phi) is 3.04. The van der Waals surface area contributed by atoms with Crippen molar-refractivity contribution in [2.24, 2.45) is 15.8 Å². The van der Waals surface area contributed by atoms with E-state index < -0.39 is 5.54 Å². The van der Waals surface area contributed by atoms with Gasteiger partial charge >= 0.3 is 0 Å². The number of aliphatic imine (C=N–C) groups is 1. The van der Waals surface area contributed by atoms with Crippen LogP contribution < -0.4 is 5.32 Å². The molecule has 2 aliphatic heterocycles. The molecule has 0 amide bonds. The molecule has 1 fully saturated rings. The van der Waals surface area contributed by atoms with Crippen molar-refractivity contribution in [1.29, 1.82) is 5.26 Å². The van der Waals surface area contributed by atoms with Gasteiger partial charge in [0.1, 0.15) is 5.54 Å². The standard InChI is InChI=1S/C16H25N3/c1-11(12-7-14(2,3)10-18-12)13-8-15(4,5)16(6,9-17)19-13/h19H,7-8,10H2,1-6H3/b13-11-. The normalized spacial score (nSPS) is 34.5. The van der Waals surface area contributed by atoms with E-state index in [1.165, 1.54) is 17.0 Å². The minimum atomic E-state index is -0.488. The third kappa shape index (κ3) is 2.29. The van der Waals surface area contributed by atoms with Crippen LogP contribution in [0.25, 0.3) is 0 Å². The van der Waals surface area contributed by atoms with Gasteiger partial charge < -0.3 is 5.32 Å². The van der Waals surface area contributed by atoms with Crippen LogP contribution in [0, 0.1) is 22.2 Å². The topological polar surface area (TPSA) is 48.2 Å². The first-order valence-electron chi connectivity index (χ1n) is 7.03. The van der Waals surface area contributed by atoms with Gasteiger partial charge in [0.05, 0.1) is 6.07 Å². The molecule has 2 heterocycles. The quantitative estimate of drug-likeness (QED) is 0.784. The number of hydrogen-bond donors (Lipinski definition) is 1. The minimum Gasteiger partial charge on any atom is -0.370 e. The van der Waals surface area contributed by atoms with Crippen LogP contribution >= 0.6 is 0 Å². The second-order valence-electron chi connectivity index (χ2n) is 7.63. The first-order valence-corrected chi connectivity index (χ1v) is 7.03. The lowest BCUT2D eigenvalue weighted by atomic mass is 9.75. The molecule has 19 heavy (non-hydrogen) atoms. The second-order valence-corrected chi connectivity index (χ2v) is 7.63. The summed E-state index contributed by atoms with van der Waals surface area (Å²) in [6.45, 7) is 13.9. The molecule has 1 saturated heterocycles. The fourth-order valence-corrected chi connectivity index (χ4v) is 2.84. The molecule has 0 spiro atoms. The molecule has 0 bridgehead atoms. The molecule has 1 N–H and O–H groups in total. The zero-order valence-electron chi connectivity index (χ0n) is 13.0. The van der Waals surface area contributed by atoms with E-state index in [2.05, 4.69) is 46.0 Å². The van der Waals surface area contributed by atoms with Crippen molar-refractivity contribution < 1.29 is 0 Å². The van der Waals surface area contributed by atoms with Crippen LogP contribution in [-0.4, -0.2) is 17.8 Å². The number of nitrogens with one attached hydrogen (secondary N) is 1. The Balaban J connectivity index is 2.30. The van der Waals surface area contributed by atoms with E-state index in [1.807, 2.05) is 6.92 Å². The largest absolute Gasteiger partial charge is 0.370 e. The van der Waals surface area contributed by atoms with Gasteiger partial charge in [-0.05, 0) is 37.7 Å². The second kappa shape index (κ2) is 4.10. The molecule has 2 aliphatic rings. The maximum atomic E-state index is 9.44. The van der Waals surface area contributed by atoms with E-state index in [9.17, 15) is 5.26 Å². The number of hydrogen-bond acceptors (Lipinski definition) is 3. The average Bonchev–Trinajstić information content (AvgIpc) is 2.77. The molecule has 3 heteroatoms. The summed E-state index contributed by atoms with van der Waals surface area (Å²) in [5.41, 5.74) is 3.41. The highest BCUT2D eigenvalue weighted by molar-refractivity contribution is 6.01. The van der Waals surface area contributed by atoms with Gasteiger partial charge in [0, 0.05) is 23.4 Å². The summed E-state index contributed by atoms with van der Waals surface area (Å²) < 4.78 is 0. The van der Waals surface area contributed by atoms with Gasteiger partial charge in [-0.15, -0.1) is 0 Å². The molecule has 104 valence electrons. The van der Waals surface area contributed by atoms with Gasteiger partial charge in [-0.3, -0.25) is 4.99 Å². The van der Waals surface area contributed by atoms with E-state index in [0.717, 1.165) is 19.4 Å². The summed E-state index contributed by atoms with van der Waals surface area (Å²) in [5.74, 6) is 0. The number of rotatable bonds is 1. The van der Waals surface area contributed by atoms with E-state index in [1.54, 1.807) is 0 Å². The van der Waals surface area contributed by atoms with Crippen molar-refractivity contribution in [2.75, 3.05) is 6.54 Å². The third-order valence-electron chi connectivity index (χ3n) is 4.83. The molecular weight excluding hydrogens is 234 g/mol. The monoisotopic (exact) mass is 259 g/mol. The van der Waals surface area contributed by atoms with Crippen LogP contribution in [0.1, 0.15) is 54.4 Å². The molecule has 0 aromatic carbocycles. The maximum Gasteiger partial charge on any atom is 0.127 e. The zero-order valence-corrected chi connectivity index (χ0v) is 13.0. The minimum absolute atomic E-state index is 0.0486.